The molecule has 0 saturated heterocycles. The predicted molar refractivity (Wildman–Crippen MR) is 94.4 cm³/mol. The number of hydrogen-bond donors (Lipinski definition) is 2. The van der Waals surface area contributed by atoms with Crippen molar-refractivity contribution < 1.29 is 4.79 Å². The number of azo groups is 1. The van der Waals surface area contributed by atoms with Gasteiger partial charge in [0.2, 0.25) is 0 Å². The summed E-state index contributed by atoms with van der Waals surface area (Å²) in [6.07, 6.45) is 0. The first-order chi connectivity index (χ1) is 10.5. The van der Waals surface area contributed by atoms with Crippen LogP contribution in [0.2, 0.25) is 0 Å². The second-order valence-electron chi connectivity index (χ2n) is 4.69. The predicted octanol–water partition coefficient (Wildman–Crippen LogP) is 5.65. The van der Waals surface area contributed by atoms with Crippen LogP contribution in [-0.2, 0) is 0 Å². The monoisotopic (exact) mass is 424 g/mol. The number of carbonyl (C=O) groups is 1. The molecule has 0 aliphatic rings. The molecule has 0 radical (unpaired) electrons. The van der Waals surface area contributed by atoms with Crippen molar-refractivity contribution in [1.29, 1.82) is 0 Å². The number of benzene rings is 2. The number of halogens is 2. The van der Waals surface area contributed by atoms with Crippen molar-refractivity contribution in [3.8, 4) is 0 Å². The maximum Gasteiger partial charge on any atom is 0.378 e. The van der Waals surface area contributed by atoms with E-state index in [0.717, 1.165) is 25.8 Å². The molecule has 0 bridgehead atoms. The van der Waals surface area contributed by atoms with Gasteiger partial charge in [0.25, 0.3) is 0 Å². The Morgan fingerprint density at radius 2 is 1.64 bits per heavy atom. The number of anilines is 1. The Kier molecular flexibility index (Phi) is 5.68. The third-order valence-electron chi connectivity index (χ3n) is 2.78. The Morgan fingerprint density at radius 3 is 2.27 bits per heavy atom. The number of nitrogens with one attached hydrogen (secondary N) is 2. The smallest absolute Gasteiger partial charge is 0.296 e. The van der Waals surface area contributed by atoms with Crippen LogP contribution in [0.5, 0.6) is 0 Å². The van der Waals surface area contributed by atoms with Gasteiger partial charge >= 0.3 is 6.03 Å². The molecule has 0 heterocycles. The van der Waals surface area contributed by atoms with E-state index in [1.54, 1.807) is 6.07 Å². The number of urea groups is 1. The van der Waals surface area contributed by atoms with Crippen LogP contribution in [0.25, 0.3) is 0 Å². The number of hydrogen-bond acceptors (Lipinski definition) is 3. The molecule has 0 aliphatic carbocycles. The highest BCUT2D eigenvalue weighted by atomic mass is 79.9. The zero-order chi connectivity index (χ0) is 16.1. The van der Waals surface area contributed by atoms with Crippen LogP contribution in [0.4, 0.5) is 16.2 Å². The highest BCUT2D eigenvalue weighted by Gasteiger charge is 2.03. The third kappa shape index (κ3) is 4.64. The van der Waals surface area contributed by atoms with Gasteiger partial charge in [0.1, 0.15) is 5.69 Å². The lowest BCUT2D eigenvalue weighted by Gasteiger charge is -2.08. The van der Waals surface area contributed by atoms with Crippen LogP contribution in [0, 0.1) is 13.8 Å². The number of amides is 2. The van der Waals surface area contributed by atoms with Crippen LogP contribution >= 0.6 is 31.9 Å². The fourth-order valence-electron chi connectivity index (χ4n) is 1.66. The Hall–Kier alpha value is -1.73. The largest absolute Gasteiger partial charge is 0.378 e. The molecule has 2 N–H and O–H groups in total. The first kappa shape index (κ1) is 16.6. The molecule has 114 valence electrons. The maximum atomic E-state index is 11.7. The van der Waals surface area contributed by atoms with Gasteiger partial charge in [-0.1, -0.05) is 17.2 Å². The summed E-state index contributed by atoms with van der Waals surface area (Å²) in [4.78, 5) is 11.7. The molecule has 2 aromatic carbocycles. The molecule has 2 amide bonds. The molecule has 5 nitrogen and oxygen atoms in total. The number of rotatable bonds is 3. The fraction of sp³-hybridized carbons (Fsp3) is 0.133. The van der Waals surface area contributed by atoms with Crippen LogP contribution < -0.4 is 10.9 Å². The van der Waals surface area contributed by atoms with E-state index in [4.69, 9.17) is 0 Å². The van der Waals surface area contributed by atoms with Crippen molar-refractivity contribution in [2.45, 2.75) is 13.8 Å². The van der Waals surface area contributed by atoms with Gasteiger partial charge in [0.15, 0.2) is 0 Å². The van der Waals surface area contributed by atoms with E-state index < -0.39 is 6.03 Å². The molecule has 0 unspecified atom stereocenters. The summed E-state index contributed by atoms with van der Waals surface area (Å²) in [7, 11) is 0. The molecule has 2 aromatic rings. The quantitative estimate of drug-likeness (QED) is 0.492. The standard InChI is InChI=1S/C15H14Br2N4O/c1-9-3-5-13(11(16)7-9)18-20-15(22)21-19-14-6-4-10(2)8-12(14)17/h3-8,18H,1-2H3,(H,20,22). The summed E-state index contributed by atoms with van der Waals surface area (Å²) in [5, 5.41) is 7.52. The lowest BCUT2D eigenvalue weighted by molar-refractivity contribution is 0.249. The number of hydrazine groups is 1. The Bertz CT molecular complexity index is 731. The van der Waals surface area contributed by atoms with E-state index in [-0.39, 0.29) is 0 Å². The summed E-state index contributed by atoms with van der Waals surface area (Å²) in [5.74, 6) is 0. The normalized spacial score (nSPS) is 10.7. The lowest BCUT2D eigenvalue weighted by Crippen LogP contribution is -2.26. The summed E-state index contributed by atoms with van der Waals surface area (Å²) < 4.78 is 1.64. The van der Waals surface area contributed by atoms with E-state index >= 15 is 0 Å². The van der Waals surface area contributed by atoms with Gasteiger partial charge in [0.05, 0.1) is 5.69 Å². The summed E-state index contributed by atoms with van der Waals surface area (Å²) >= 11 is 6.80. The maximum absolute atomic E-state index is 11.7. The molecular formula is C15H14Br2N4O. The minimum atomic E-state index is -0.583. The van der Waals surface area contributed by atoms with Crippen LogP contribution in [0.15, 0.2) is 55.6 Å². The van der Waals surface area contributed by atoms with Gasteiger partial charge in [-0.2, -0.15) is 0 Å². The van der Waals surface area contributed by atoms with Gasteiger partial charge in [-0.15, -0.1) is 5.11 Å². The van der Waals surface area contributed by atoms with Gasteiger partial charge in [0, 0.05) is 8.95 Å². The minimum absolute atomic E-state index is 0.583. The van der Waals surface area contributed by atoms with Gasteiger partial charge < -0.3 is 0 Å². The second kappa shape index (κ2) is 7.51. The lowest BCUT2D eigenvalue weighted by atomic mass is 10.2. The highest BCUT2D eigenvalue weighted by molar-refractivity contribution is 9.11. The third-order valence-corrected chi connectivity index (χ3v) is 4.07. The van der Waals surface area contributed by atoms with E-state index in [1.807, 2.05) is 44.2 Å². The Labute approximate surface area is 145 Å². The van der Waals surface area contributed by atoms with Crippen LogP contribution in [-0.4, -0.2) is 6.03 Å². The Balaban J connectivity index is 1.96. The van der Waals surface area contributed by atoms with Gasteiger partial charge in [-0.25, -0.2) is 10.2 Å². The topological polar surface area (TPSA) is 65.8 Å². The van der Waals surface area contributed by atoms with Crippen molar-refractivity contribution in [3.05, 3.63) is 56.5 Å². The second-order valence-corrected chi connectivity index (χ2v) is 6.40. The van der Waals surface area contributed by atoms with Crippen molar-refractivity contribution in [1.82, 2.24) is 5.43 Å². The molecule has 2 rings (SSSR count). The summed E-state index contributed by atoms with van der Waals surface area (Å²) in [6.45, 7) is 3.96. The van der Waals surface area contributed by atoms with Crippen LogP contribution in [0.3, 0.4) is 0 Å². The zero-order valence-electron chi connectivity index (χ0n) is 12.0. The van der Waals surface area contributed by atoms with E-state index in [1.165, 1.54) is 0 Å². The van der Waals surface area contributed by atoms with Crippen molar-refractivity contribution in [3.63, 3.8) is 0 Å². The average Bonchev–Trinajstić information content (AvgIpc) is 2.45. The van der Waals surface area contributed by atoms with Crippen molar-refractivity contribution in [2.75, 3.05) is 5.43 Å². The van der Waals surface area contributed by atoms with Gasteiger partial charge in [-0.3, -0.25) is 5.43 Å². The van der Waals surface area contributed by atoms with E-state index in [2.05, 4.69) is 52.9 Å². The molecular weight excluding hydrogens is 412 g/mol. The first-order valence-electron chi connectivity index (χ1n) is 6.46. The van der Waals surface area contributed by atoms with E-state index in [0.29, 0.717) is 5.69 Å². The summed E-state index contributed by atoms with van der Waals surface area (Å²) in [6, 6.07) is 10.8. The molecule has 0 spiro atoms. The van der Waals surface area contributed by atoms with Crippen LogP contribution in [0.1, 0.15) is 11.1 Å². The molecule has 0 aliphatic heterocycles. The minimum Gasteiger partial charge on any atom is -0.296 e. The fourth-order valence-corrected chi connectivity index (χ4v) is 2.82. The van der Waals surface area contributed by atoms with E-state index in [9.17, 15) is 4.79 Å². The molecule has 0 aromatic heterocycles. The highest BCUT2D eigenvalue weighted by Crippen LogP contribution is 2.26. The SMILES string of the molecule is Cc1ccc(N=NC(=O)NNc2ccc(C)cc2Br)c(Br)c1. The molecule has 0 fully saturated rings. The molecule has 7 heteroatoms. The molecule has 22 heavy (non-hydrogen) atoms. The Morgan fingerprint density at radius 1 is 1.00 bits per heavy atom. The molecule has 0 atom stereocenters. The first-order valence-corrected chi connectivity index (χ1v) is 8.04. The number of nitrogens with zero attached hydrogens (tertiary/aromatic N) is 2. The van der Waals surface area contributed by atoms with Crippen molar-refractivity contribution >= 4 is 49.3 Å². The zero-order valence-corrected chi connectivity index (χ0v) is 15.2. The van der Waals surface area contributed by atoms with Gasteiger partial charge in [-0.05, 0) is 81.1 Å². The number of carbonyl (C=O) groups excluding carboxylic acids is 1. The molecule has 0 saturated carbocycles. The summed E-state index contributed by atoms with van der Waals surface area (Å²) in [5.41, 5.74) is 8.81. The average molecular weight is 426 g/mol. The van der Waals surface area contributed by atoms with Crippen molar-refractivity contribution in [2.24, 2.45) is 10.2 Å². The number of aryl methyl sites for hydroxylation is 2.